The van der Waals surface area contributed by atoms with E-state index in [1.165, 1.54) is 6.07 Å². The van der Waals surface area contributed by atoms with Crippen molar-refractivity contribution in [2.24, 2.45) is 0 Å². The number of hydrogen-bond acceptors (Lipinski definition) is 4. The van der Waals surface area contributed by atoms with Crippen molar-refractivity contribution in [1.82, 2.24) is 15.5 Å². The summed E-state index contributed by atoms with van der Waals surface area (Å²) in [5.74, 6) is -0.818. The average Bonchev–Trinajstić information content (AvgIpc) is 2.78. The van der Waals surface area contributed by atoms with Crippen LogP contribution in [-0.4, -0.2) is 23.8 Å². The largest absolute Gasteiger partial charge is 0.421 e. The maximum atomic E-state index is 13.5. The number of rotatable bonds is 5. The van der Waals surface area contributed by atoms with Gasteiger partial charge >= 0.3 is 0 Å². The van der Waals surface area contributed by atoms with Crippen LogP contribution in [0.2, 0.25) is 0 Å². The summed E-state index contributed by atoms with van der Waals surface area (Å²) in [6.45, 7) is 0.836. The Morgan fingerprint density at radius 2 is 2.11 bits per heavy atom. The monoisotopic (exact) mass is 253 g/mol. The Labute approximate surface area is 103 Å². The van der Waals surface area contributed by atoms with Crippen molar-refractivity contribution in [1.29, 1.82) is 0 Å². The zero-order valence-corrected chi connectivity index (χ0v) is 9.91. The van der Waals surface area contributed by atoms with Crippen molar-refractivity contribution >= 4 is 0 Å². The zero-order valence-electron chi connectivity index (χ0n) is 9.91. The van der Waals surface area contributed by atoms with Crippen LogP contribution in [0.25, 0.3) is 11.5 Å². The molecule has 0 radical (unpaired) electrons. The van der Waals surface area contributed by atoms with Crippen molar-refractivity contribution in [3.63, 3.8) is 0 Å². The van der Waals surface area contributed by atoms with Crippen molar-refractivity contribution < 1.29 is 13.2 Å². The molecule has 4 nitrogen and oxygen atoms in total. The maximum absolute atomic E-state index is 13.5. The smallest absolute Gasteiger partial charge is 0.250 e. The molecule has 0 spiro atoms. The first-order valence-electron chi connectivity index (χ1n) is 5.63. The predicted octanol–water partition coefficient (Wildman–Crippen LogP) is 2.17. The standard InChI is InChI=1S/C12H13F2N3O/c1-15-6-2-3-11-16-17-12(18-11)9-5-4-8(13)7-10(9)14/h4-5,7,15H,2-3,6H2,1H3. The zero-order chi connectivity index (χ0) is 13.0. The van der Waals surface area contributed by atoms with Gasteiger partial charge in [0, 0.05) is 12.5 Å². The molecule has 0 unspecified atom stereocenters. The lowest BCUT2D eigenvalue weighted by molar-refractivity contribution is 0.490. The molecule has 0 atom stereocenters. The average molecular weight is 253 g/mol. The second-order valence-corrected chi connectivity index (χ2v) is 3.83. The van der Waals surface area contributed by atoms with E-state index in [-0.39, 0.29) is 11.5 Å². The van der Waals surface area contributed by atoms with Crippen LogP contribution in [0, 0.1) is 11.6 Å². The maximum Gasteiger partial charge on any atom is 0.250 e. The summed E-state index contributed by atoms with van der Waals surface area (Å²) >= 11 is 0. The van der Waals surface area contributed by atoms with Gasteiger partial charge in [-0.25, -0.2) is 8.78 Å². The van der Waals surface area contributed by atoms with Crippen LogP contribution in [0.15, 0.2) is 22.6 Å². The number of benzene rings is 1. The highest BCUT2D eigenvalue weighted by atomic mass is 19.1. The molecule has 0 aliphatic rings. The third-order valence-electron chi connectivity index (χ3n) is 2.45. The van der Waals surface area contributed by atoms with Crippen LogP contribution >= 0.6 is 0 Å². The van der Waals surface area contributed by atoms with E-state index in [0.29, 0.717) is 12.3 Å². The Morgan fingerprint density at radius 1 is 1.28 bits per heavy atom. The minimum absolute atomic E-state index is 0.0759. The Bertz CT molecular complexity index is 528. The fourth-order valence-corrected chi connectivity index (χ4v) is 1.54. The first-order chi connectivity index (χ1) is 8.70. The summed E-state index contributed by atoms with van der Waals surface area (Å²) in [5.41, 5.74) is 0.115. The minimum atomic E-state index is -0.708. The molecule has 6 heteroatoms. The summed E-state index contributed by atoms with van der Waals surface area (Å²) in [7, 11) is 1.85. The molecule has 0 aliphatic carbocycles. The summed E-state index contributed by atoms with van der Waals surface area (Å²) < 4.78 is 31.6. The van der Waals surface area contributed by atoms with Gasteiger partial charge in [-0.3, -0.25) is 0 Å². The molecule has 18 heavy (non-hydrogen) atoms. The summed E-state index contributed by atoms with van der Waals surface area (Å²) in [5, 5.41) is 10.6. The third kappa shape index (κ3) is 2.89. The molecular formula is C12H13F2N3O. The SMILES string of the molecule is CNCCCc1nnc(-c2ccc(F)cc2F)o1. The van der Waals surface area contributed by atoms with Gasteiger partial charge in [-0.15, -0.1) is 10.2 Å². The Kier molecular flexibility index (Phi) is 3.99. The van der Waals surface area contributed by atoms with E-state index in [1.807, 2.05) is 7.05 Å². The summed E-state index contributed by atoms with van der Waals surface area (Å²) in [6, 6.07) is 3.24. The Hall–Kier alpha value is -1.82. The van der Waals surface area contributed by atoms with E-state index in [1.54, 1.807) is 0 Å². The highest BCUT2D eigenvalue weighted by Crippen LogP contribution is 2.22. The van der Waals surface area contributed by atoms with Gasteiger partial charge in [0.05, 0.1) is 5.56 Å². The van der Waals surface area contributed by atoms with E-state index in [0.717, 1.165) is 25.1 Å². The molecule has 2 aromatic rings. The van der Waals surface area contributed by atoms with Gasteiger partial charge in [0.1, 0.15) is 11.6 Å². The van der Waals surface area contributed by atoms with E-state index in [2.05, 4.69) is 15.5 Å². The number of halogens is 2. The van der Waals surface area contributed by atoms with E-state index < -0.39 is 11.6 Å². The molecule has 2 rings (SSSR count). The molecule has 0 saturated carbocycles. The van der Waals surface area contributed by atoms with Gasteiger partial charge in [-0.2, -0.15) is 0 Å². The molecule has 1 heterocycles. The minimum Gasteiger partial charge on any atom is -0.421 e. The van der Waals surface area contributed by atoms with Gasteiger partial charge in [-0.05, 0) is 32.1 Å². The van der Waals surface area contributed by atoms with Crippen LogP contribution < -0.4 is 5.32 Å². The number of hydrogen-bond donors (Lipinski definition) is 1. The fraction of sp³-hybridized carbons (Fsp3) is 0.333. The number of aryl methyl sites for hydroxylation is 1. The van der Waals surface area contributed by atoms with Crippen LogP contribution in [-0.2, 0) is 6.42 Å². The molecule has 1 N–H and O–H groups in total. The van der Waals surface area contributed by atoms with E-state index >= 15 is 0 Å². The van der Waals surface area contributed by atoms with Crippen LogP contribution in [0.4, 0.5) is 8.78 Å². The fourth-order valence-electron chi connectivity index (χ4n) is 1.54. The molecule has 1 aromatic carbocycles. The van der Waals surface area contributed by atoms with Crippen molar-refractivity contribution in [3.8, 4) is 11.5 Å². The lowest BCUT2D eigenvalue weighted by Crippen LogP contribution is -2.08. The van der Waals surface area contributed by atoms with Gasteiger partial charge in [0.25, 0.3) is 5.89 Å². The molecular weight excluding hydrogens is 240 g/mol. The first-order valence-corrected chi connectivity index (χ1v) is 5.63. The van der Waals surface area contributed by atoms with Gasteiger partial charge < -0.3 is 9.73 Å². The third-order valence-corrected chi connectivity index (χ3v) is 2.45. The van der Waals surface area contributed by atoms with E-state index in [4.69, 9.17) is 4.42 Å². The summed E-state index contributed by atoms with van der Waals surface area (Å²) in [4.78, 5) is 0. The van der Waals surface area contributed by atoms with Crippen LogP contribution in [0.3, 0.4) is 0 Å². The molecule has 1 aromatic heterocycles. The molecule has 96 valence electrons. The lowest BCUT2D eigenvalue weighted by atomic mass is 10.2. The highest BCUT2D eigenvalue weighted by molar-refractivity contribution is 5.53. The summed E-state index contributed by atoms with van der Waals surface area (Å²) in [6.07, 6.45) is 1.47. The van der Waals surface area contributed by atoms with Crippen LogP contribution in [0.1, 0.15) is 12.3 Å². The van der Waals surface area contributed by atoms with Crippen molar-refractivity contribution in [2.45, 2.75) is 12.8 Å². The number of nitrogens with zero attached hydrogens (tertiary/aromatic N) is 2. The normalized spacial score (nSPS) is 10.8. The topological polar surface area (TPSA) is 51.0 Å². The van der Waals surface area contributed by atoms with Gasteiger partial charge in [0.2, 0.25) is 5.89 Å². The first kappa shape index (κ1) is 12.6. The molecule has 0 bridgehead atoms. The lowest BCUT2D eigenvalue weighted by Gasteiger charge is -1.97. The van der Waals surface area contributed by atoms with Crippen molar-refractivity contribution in [3.05, 3.63) is 35.7 Å². The Morgan fingerprint density at radius 3 is 2.83 bits per heavy atom. The molecule has 0 fully saturated rings. The predicted molar refractivity (Wildman–Crippen MR) is 61.9 cm³/mol. The Balaban J connectivity index is 2.13. The van der Waals surface area contributed by atoms with Crippen molar-refractivity contribution in [2.75, 3.05) is 13.6 Å². The second kappa shape index (κ2) is 5.68. The van der Waals surface area contributed by atoms with E-state index in [9.17, 15) is 8.78 Å². The van der Waals surface area contributed by atoms with Crippen LogP contribution in [0.5, 0.6) is 0 Å². The second-order valence-electron chi connectivity index (χ2n) is 3.83. The highest BCUT2D eigenvalue weighted by Gasteiger charge is 2.13. The van der Waals surface area contributed by atoms with Gasteiger partial charge in [-0.1, -0.05) is 0 Å². The molecule has 0 aliphatic heterocycles. The molecule has 0 amide bonds. The molecule has 0 saturated heterocycles. The number of aromatic nitrogens is 2. The quantitative estimate of drug-likeness (QED) is 0.830. The number of nitrogens with one attached hydrogen (secondary N) is 1. The van der Waals surface area contributed by atoms with Gasteiger partial charge in [0.15, 0.2) is 0 Å².